The van der Waals surface area contributed by atoms with Crippen LogP contribution in [0.3, 0.4) is 0 Å². The topological polar surface area (TPSA) is 94.7 Å². The number of carbonyl (C=O) groups is 1. The molecule has 8 heteroatoms. The molecule has 0 aliphatic heterocycles. The van der Waals surface area contributed by atoms with Gasteiger partial charge in [0.05, 0.1) is 51.9 Å². The molecule has 2 N–H and O–H groups in total. The molecule has 46 heavy (non-hydrogen) atoms. The summed E-state index contributed by atoms with van der Waals surface area (Å²) in [5.74, 6) is 1.85. The number of nitrogens with one attached hydrogen (secondary N) is 2. The Balaban J connectivity index is 1.41. The van der Waals surface area contributed by atoms with Gasteiger partial charge in [-0.3, -0.25) is 4.79 Å². The van der Waals surface area contributed by atoms with Gasteiger partial charge in [0, 0.05) is 27.4 Å². The maximum Gasteiger partial charge on any atom is 0.252 e. The third kappa shape index (κ3) is 5.97. The maximum atomic E-state index is 14.1. The number of aryl methyl sites for hydroxylation is 1. The molecular weight excluding hydrogens is 578 g/mol. The van der Waals surface area contributed by atoms with Gasteiger partial charge >= 0.3 is 0 Å². The van der Waals surface area contributed by atoms with Gasteiger partial charge in [-0.2, -0.15) is 0 Å². The minimum Gasteiger partial charge on any atom is -0.497 e. The van der Waals surface area contributed by atoms with E-state index < -0.39 is 0 Å². The van der Waals surface area contributed by atoms with Crippen molar-refractivity contribution in [1.29, 1.82) is 0 Å². The summed E-state index contributed by atoms with van der Waals surface area (Å²) in [5, 5.41) is 5.23. The van der Waals surface area contributed by atoms with Crippen LogP contribution in [-0.2, 0) is 11.3 Å². The highest BCUT2D eigenvalue weighted by molar-refractivity contribution is 6.24. The Hall–Kier alpha value is -5.76. The van der Waals surface area contributed by atoms with Crippen LogP contribution >= 0.6 is 0 Å². The molecule has 0 bridgehead atoms. The van der Waals surface area contributed by atoms with Gasteiger partial charge in [-0.1, -0.05) is 48.0 Å². The average molecular weight is 614 g/mol. The molecule has 0 fully saturated rings. The Kier molecular flexibility index (Phi) is 8.61. The number of aromatic amines is 1. The molecule has 6 rings (SSSR count). The fourth-order valence-corrected chi connectivity index (χ4v) is 5.56. The van der Waals surface area contributed by atoms with Crippen molar-refractivity contribution >= 4 is 39.4 Å². The molecule has 0 saturated heterocycles. The monoisotopic (exact) mass is 613 g/mol. The number of H-pyrrole nitrogens is 1. The number of hydrogen-bond acceptors (Lipinski definition) is 6. The molecule has 8 nitrogen and oxygen atoms in total. The molecule has 0 unspecified atom stereocenters. The molecule has 0 radical (unpaired) electrons. The summed E-state index contributed by atoms with van der Waals surface area (Å²) in [4.78, 5) is 22.6. The molecule has 0 atom stereocenters. The average Bonchev–Trinajstić information content (AvgIpc) is 3.48. The first-order valence-electron chi connectivity index (χ1n) is 14.8. The number of fused-ring (bicyclic) bond motifs is 3. The van der Waals surface area contributed by atoms with E-state index in [1.807, 2.05) is 85.8 Å². The number of methoxy groups -OCH3 is 4. The minimum absolute atomic E-state index is 0.201. The summed E-state index contributed by atoms with van der Waals surface area (Å²) in [5.41, 5.74) is 7.45. The van der Waals surface area contributed by atoms with Crippen LogP contribution in [0.1, 0.15) is 22.4 Å². The number of para-hydroxylation sites is 1. The number of ether oxygens (including phenoxy) is 4. The number of carbonyl (C=O) groups excluding carboxylic acids is 1. The van der Waals surface area contributed by atoms with Gasteiger partial charge in [0.15, 0.2) is 11.5 Å². The molecule has 0 aliphatic rings. The van der Waals surface area contributed by atoms with E-state index in [4.69, 9.17) is 23.9 Å². The largest absolute Gasteiger partial charge is 0.497 e. The second kappa shape index (κ2) is 13.1. The predicted molar refractivity (Wildman–Crippen MR) is 183 cm³/mol. The lowest BCUT2D eigenvalue weighted by Gasteiger charge is -2.16. The Morgan fingerprint density at radius 1 is 0.804 bits per heavy atom. The van der Waals surface area contributed by atoms with E-state index in [-0.39, 0.29) is 12.5 Å². The Labute approximate surface area is 267 Å². The molecule has 232 valence electrons. The van der Waals surface area contributed by atoms with Crippen molar-refractivity contribution in [3.05, 3.63) is 113 Å². The van der Waals surface area contributed by atoms with Gasteiger partial charge < -0.3 is 29.2 Å². The van der Waals surface area contributed by atoms with Crippen LogP contribution in [0.15, 0.2) is 91.0 Å². The van der Waals surface area contributed by atoms with Gasteiger partial charge in [-0.15, -0.1) is 0 Å². The van der Waals surface area contributed by atoms with Crippen molar-refractivity contribution < 1.29 is 23.7 Å². The van der Waals surface area contributed by atoms with E-state index >= 15 is 0 Å². The van der Waals surface area contributed by atoms with E-state index in [0.717, 1.165) is 55.6 Å². The summed E-state index contributed by atoms with van der Waals surface area (Å²) >= 11 is 0. The van der Waals surface area contributed by atoms with Crippen LogP contribution in [0.2, 0.25) is 0 Å². The smallest absolute Gasteiger partial charge is 0.252 e. The van der Waals surface area contributed by atoms with Crippen molar-refractivity contribution in [2.24, 2.45) is 0 Å². The Bertz CT molecular complexity index is 2040. The molecule has 0 spiro atoms. The van der Waals surface area contributed by atoms with Gasteiger partial charge in [-0.25, -0.2) is 4.98 Å². The summed E-state index contributed by atoms with van der Waals surface area (Å²) in [7, 11) is 6.30. The molecule has 1 amide bonds. The lowest BCUT2D eigenvalue weighted by molar-refractivity contribution is -0.115. The van der Waals surface area contributed by atoms with Crippen molar-refractivity contribution in [3.8, 4) is 34.3 Å². The van der Waals surface area contributed by atoms with Crippen LogP contribution < -0.4 is 24.3 Å². The van der Waals surface area contributed by atoms with Gasteiger partial charge in [0.1, 0.15) is 5.75 Å². The van der Waals surface area contributed by atoms with Crippen LogP contribution in [0.5, 0.6) is 23.0 Å². The first-order valence-corrected chi connectivity index (χ1v) is 14.8. The zero-order valence-electron chi connectivity index (χ0n) is 26.4. The summed E-state index contributed by atoms with van der Waals surface area (Å²) in [6.45, 7) is 2.23. The van der Waals surface area contributed by atoms with Crippen molar-refractivity contribution in [2.75, 3.05) is 28.4 Å². The highest BCUT2D eigenvalue weighted by Gasteiger charge is 2.20. The van der Waals surface area contributed by atoms with Gasteiger partial charge in [-0.05, 0) is 72.7 Å². The predicted octanol–water partition coefficient (Wildman–Crippen LogP) is 7.58. The molecule has 0 saturated carbocycles. The zero-order valence-corrected chi connectivity index (χ0v) is 26.4. The quantitative estimate of drug-likeness (QED) is 0.122. The fourth-order valence-electron chi connectivity index (χ4n) is 5.56. The normalized spacial score (nSPS) is 11.5. The molecule has 2 aromatic heterocycles. The van der Waals surface area contributed by atoms with E-state index in [1.54, 1.807) is 40.6 Å². The number of pyridine rings is 1. The summed E-state index contributed by atoms with van der Waals surface area (Å²) < 4.78 is 22.1. The summed E-state index contributed by atoms with van der Waals surface area (Å²) in [6.07, 6.45) is 1.86. The molecule has 4 aromatic carbocycles. The standard InChI is InChI=1S/C38H35N3O5/c1-23-10-12-24(13-11-23)18-30(26-19-33(44-3)37(46-5)34(20-26)45-4)38(42)39-22-27-21-31-29-8-6-7-9-32(29)41-36(31)35(40-27)25-14-16-28(43-2)17-15-25/h6-21,41H,22H2,1-5H3,(H,39,42)/b30-18+. The van der Waals surface area contributed by atoms with Crippen molar-refractivity contribution in [1.82, 2.24) is 15.3 Å². The minimum atomic E-state index is -0.276. The number of aromatic nitrogens is 2. The van der Waals surface area contributed by atoms with E-state index in [1.165, 1.54) is 0 Å². The zero-order chi connectivity index (χ0) is 32.2. The van der Waals surface area contributed by atoms with Crippen molar-refractivity contribution in [3.63, 3.8) is 0 Å². The molecule has 6 aromatic rings. The van der Waals surface area contributed by atoms with Crippen LogP contribution in [0.4, 0.5) is 0 Å². The molecular formula is C38H35N3O5. The lowest BCUT2D eigenvalue weighted by atomic mass is 10.00. The Morgan fingerprint density at radius 3 is 2.15 bits per heavy atom. The Morgan fingerprint density at radius 2 is 1.50 bits per heavy atom. The number of rotatable bonds is 10. The van der Waals surface area contributed by atoms with Crippen LogP contribution in [0, 0.1) is 6.92 Å². The number of nitrogens with zero attached hydrogens (tertiary/aromatic N) is 1. The lowest BCUT2D eigenvalue weighted by Crippen LogP contribution is -2.24. The van der Waals surface area contributed by atoms with Gasteiger partial charge in [0.2, 0.25) is 5.75 Å². The molecule has 2 heterocycles. The van der Waals surface area contributed by atoms with Crippen LogP contribution in [-0.4, -0.2) is 44.3 Å². The molecule has 0 aliphatic carbocycles. The second-order valence-corrected chi connectivity index (χ2v) is 10.8. The number of amides is 1. The second-order valence-electron chi connectivity index (χ2n) is 10.8. The van der Waals surface area contributed by atoms with Crippen LogP contribution in [0.25, 0.3) is 44.7 Å². The first kappa shape index (κ1) is 30.3. The SMILES string of the molecule is COc1ccc(-c2nc(CNC(=O)/C(=C/c3ccc(C)cc3)c3cc(OC)c(OC)c(OC)c3)cc3c2[nH]c2ccccc23)cc1. The van der Waals surface area contributed by atoms with E-state index in [2.05, 4.69) is 16.4 Å². The van der Waals surface area contributed by atoms with Crippen molar-refractivity contribution in [2.45, 2.75) is 13.5 Å². The van der Waals surface area contributed by atoms with E-state index in [0.29, 0.717) is 28.4 Å². The third-order valence-electron chi connectivity index (χ3n) is 7.95. The summed E-state index contributed by atoms with van der Waals surface area (Å²) in [6, 6.07) is 29.5. The fraction of sp³-hybridized carbons (Fsp3) is 0.158. The third-order valence-corrected chi connectivity index (χ3v) is 7.95. The number of benzene rings is 4. The maximum absolute atomic E-state index is 14.1. The highest BCUT2D eigenvalue weighted by Crippen LogP contribution is 2.40. The van der Waals surface area contributed by atoms with Gasteiger partial charge in [0.25, 0.3) is 5.91 Å². The van der Waals surface area contributed by atoms with E-state index in [9.17, 15) is 4.79 Å². The number of hydrogen-bond donors (Lipinski definition) is 2. The highest BCUT2D eigenvalue weighted by atomic mass is 16.5. The first-order chi connectivity index (χ1) is 22.4.